The van der Waals surface area contributed by atoms with Gasteiger partial charge in [-0.25, -0.2) is 0 Å². The van der Waals surface area contributed by atoms with Crippen molar-refractivity contribution in [2.75, 3.05) is 26.2 Å². The Labute approximate surface area is 158 Å². The van der Waals surface area contributed by atoms with Gasteiger partial charge in [-0.15, -0.1) is 0 Å². The molecule has 1 atom stereocenters. The van der Waals surface area contributed by atoms with Gasteiger partial charge >= 0.3 is 0 Å². The quantitative estimate of drug-likeness (QED) is 0.673. The molecular formula is C22H23BrN2. The molecule has 0 spiro atoms. The fourth-order valence-electron chi connectivity index (χ4n) is 3.79. The molecule has 1 aliphatic heterocycles. The normalized spacial score (nSPS) is 17.3. The predicted molar refractivity (Wildman–Crippen MR) is 109 cm³/mol. The summed E-state index contributed by atoms with van der Waals surface area (Å²) in [5.41, 5.74) is 2.73. The van der Waals surface area contributed by atoms with Gasteiger partial charge in [0.2, 0.25) is 0 Å². The van der Waals surface area contributed by atoms with Gasteiger partial charge in [-0.1, -0.05) is 64.5 Å². The molecule has 4 rings (SSSR count). The molecule has 1 fully saturated rings. The molecule has 0 saturated carbocycles. The second-order valence-corrected chi connectivity index (χ2v) is 7.62. The van der Waals surface area contributed by atoms with Crippen LogP contribution in [-0.4, -0.2) is 31.1 Å². The average Bonchev–Trinajstić information content (AvgIpc) is 2.91. The fraction of sp³-hybridized carbons (Fsp3) is 0.273. The first-order valence-electron chi connectivity index (χ1n) is 9.00. The van der Waals surface area contributed by atoms with E-state index in [2.05, 4.69) is 92.9 Å². The molecular weight excluding hydrogens is 372 g/mol. The maximum absolute atomic E-state index is 3.65. The van der Waals surface area contributed by atoms with Crippen LogP contribution in [-0.2, 0) is 0 Å². The summed E-state index contributed by atoms with van der Waals surface area (Å²) in [6.07, 6.45) is 1.19. The first-order valence-corrected chi connectivity index (χ1v) is 9.79. The summed E-state index contributed by atoms with van der Waals surface area (Å²) in [5.74, 6) is 0. The van der Waals surface area contributed by atoms with Gasteiger partial charge in [0.25, 0.3) is 0 Å². The van der Waals surface area contributed by atoms with Gasteiger partial charge in [0.15, 0.2) is 0 Å². The summed E-state index contributed by atoms with van der Waals surface area (Å²) >= 11 is 3.65. The van der Waals surface area contributed by atoms with E-state index in [-0.39, 0.29) is 0 Å². The van der Waals surface area contributed by atoms with Crippen LogP contribution >= 0.6 is 15.9 Å². The zero-order valence-electron chi connectivity index (χ0n) is 14.3. The highest BCUT2D eigenvalue weighted by Crippen LogP contribution is 2.32. The Morgan fingerprint density at radius 2 is 1.64 bits per heavy atom. The van der Waals surface area contributed by atoms with Crippen molar-refractivity contribution in [1.82, 2.24) is 10.2 Å². The molecule has 3 heteroatoms. The Hall–Kier alpha value is -1.68. The van der Waals surface area contributed by atoms with Crippen LogP contribution in [0.5, 0.6) is 0 Å². The van der Waals surface area contributed by atoms with Gasteiger partial charge in [0.1, 0.15) is 0 Å². The number of fused-ring (bicyclic) bond motifs is 1. The van der Waals surface area contributed by atoms with Crippen LogP contribution in [0.1, 0.15) is 23.6 Å². The van der Waals surface area contributed by atoms with Gasteiger partial charge in [-0.3, -0.25) is 4.90 Å². The zero-order valence-corrected chi connectivity index (χ0v) is 15.9. The third-order valence-electron chi connectivity index (χ3n) is 4.99. The summed E-state index contributed by atoms with van der Waals surface area (Å²) in [4.78, 5) is 2.62. The third-order valence-corrected chi connectivity index (χ3v) is 5.49. The number of nitrogens with zero attached hydrogens (tertiary/aromatic N) is 1. The Kier molecular flexibility index (Phi) is 5.16. The SMILES string of the molecule is Brc1cccc(C(c2ccc3ccccc3c2)N2CCCNCC2)c1. The molecule has 0 radical (unpaired) electrons. The summed E-state index contributed by atoms with van der Waals surface area (Å²) in [5, 5.41) is 6.14. The van der Waals surface area contributed by atoms with E-state index >= 15 is 0 Å². The topological polar surface area (TPSA) is 15.3 Å². The first-order chi connectivity index (χ1) is 12.3. The number of nitrogens with one attached hydrogen (secondary N) is 1. The van der Waals surface area contributed by atoms with Crippen molar-refractivity contribution < 1.29 is 0 Å². The molecule has 1 aliphatic rings. The first kappa shape index (κ1) is 16.8. The predicted octanol–water partition coefficient (Wildman–Crippen LogP) is 4.99. The molecule has 0 aliphatic carbocycles. The highest BCUT2D eigenvalue weighted by molar-refractivity contribution is 9.10. The van der Waals surface area contributed by atoms with Crippen LogP contribution in [0.25, 0.3) is 10.8 Å². The highest BCUT2D eigenvalue weighted by Gasteiger charge is 2.23. The Morgan fingerprint density at radius 1 is 0.800 bits per heavy atom. The van der Waals surface area contributed by atoms with E-state index in [1.165, 1.54) is 28.3 Å². The Balaban J connectivity index is 1.80. The molecule has 0 bridgehead atoms. The zero-order chi connectivity index (χ0) is 17.1. The van der Waals surface area contributed by atoms with Crippen molar-refractivity contribution in [2.24, 2.45) is 0 Å². The molecule has 1 heterocycles. The van der Waals surface area contributed by atoms with Gasteiger partial charge < -0.3 is 5.32 Å². The van der Waals surface area contributed by atoms with Crippen LogP contribution in [0.4, 0.5) is 0 Å². The largest absolute Gasteiger partial charge is 0.315 e. The lowest BCUT2D eigenvalue weighted by molar-refractivity contribution is 0.241. The summed E-state index contributed by atoms with van der Waals surface area (Å²) in [7, 11) is 0. The van der Waals surface area contributed by atoms with Crippen LogP contribution in [0, 0.1) is 0 Å². The second kappa shape index (κ2) is 7.69. The number of hydrogen-bond donors (Lipinski definition) is 1. The second-order valence-electron chi connectivity index (χ2n) is 6.70. The van der Waals surface area contributed by atoms with E-state index in [9.17, 15) is 0 Å². The molecule has 1 N–H and O–H groups in total. The molecule has 0 aromatic heterocycles. The summed E-state index contributed by atoms with van der Waals surface area (Å²) in [6, 6.07) is 24.6. The average molecular weight is 395 g/mol. The minimum atomic E-state index is 0.294. The summed E-state index contributed by atoms with van der Waals surface area (Å²) in [6.45, 7) is 4.36. The molecule has 1 saturated heterocycles. The van der Waals surface area contributed by atoms with Crippen LogP contribution in [0.2, 0.25) is 0 Å². The maximum Gasteiger partial charge on any atom is 0.0602 e. The monoisotopic (exact) mass is 394 g/mol. The maximum atomic E-state index is 3.65. The van der Waals surface area contributed by atoms with Crippen LogP contribution in [0.15, 0.2) is 71.2 Å². The van der Waals surface area contributed by atoms with E-state index < -0.39 is 0 Å². The molecule has 1 unspecified atom stereocenters. The van der Waals surface area contributed by atoms with Gasteiger partial charge in [-0.05, 0) is 53.1 Å². The smallest absolute Gasteiger partial charge is 0.0602 e. The van der Waals surface area contributed by atoms with Crippen molar-refractivity contribution in [2.45, 2.75) is 12.5 Å². The number of rotatable bonds is 3. The van der Waals surface area contributed by atoms with Crippen molar-refractivity contribution in [3.05, 3.63) is 82.3 Å². The third kappa shape index (κ3) is 3.79. The fourth-order valence-corrected chi connectivity index (χ4v) is 4.21. The van der Waals surface area contributed by atoms with Gasteiger partial charge in [0.05, 0.1) is 6.04 Å². The Morgan fingerprint density at radius 3 is 2.52 bits per heavy atom. The minimum Gasteiger partial charge on any atom is -0.315 e. The lowest BCUT2D eigenvalue weighted by Crippen LogP contribution is -2.33. The summed E-state index contributed by atoms with van der Waals surface area (Å²) < 4.78 is 1.14. The van der Waals surface area contributed by atoms with Crippen molar-refractivity contribution >= 4 is 26.7 Å². The lowest BCUT2D eigenvalue weighted by Gasteiger charge is -2.31. The molecule has 128 valence electrons. The number of halogens is 1. The molecule has 2 nitrogen and oxygen atoms in total. The van der Waals surface area contributed by atoms with Gasteiger partial charge in [-0.2, -0.15) is 0 Å². The van der Waals surface area contributed by atoms with Crippen LogP contribution in [0.3, 0.4) is 0 Å². The van der Waals surface area contributed by atoms with E-state index in [4.69, 9.17) is 0 Å². The molecule has 3 aromatic carbocycles. The van der Waals surface area contributed by atoms with Crippen molar-refractivity contribution in [1.29, 1.82) is 0 Å². The van der Waals surface area contributed by atoms with E-state index in [1.54, 1.807) is 0 Å². The van der Waals surface area contributed by atoms with Crippen LogP contribution < -0.4 is 5.32 Å². The van der Waals surface area contributed by atoms with Crippen molar-refractivity contribution in [3.8, 4) is 0 Å². The number of hydrogen-bond acceptors (Lipinski definition) is 2. The highest BCUT2D eigenvalue weighted by atomic mass is 79.9. The van der Waals surface area contributed by atoms with Gasteiger partial charge in [0, 0.05) is 24.1 Å². The molecule has 25 heavy (non-hydrogen) atoms. The van der Waals surface area contributed by atoms with E-state index in [0.29, 0.717) is 6.04 Å². The molecule has 0 amide bonds. The lowest BCUT2D eigenvalue weighted by atomic mass is 9.94. The number of benzene rings is 3. The Bertz CT molecular complexity index is 853. The van der Waals surface area contributed by atoms with E-state index in [1.807, 2.05) is 0 Å². The van der Waals surface area contributed by atoms with Crippen molar-refractivity contribution in [3.63, 3.8) is 0 Å². The standard InChI is InChI=1S/C22H23BrN2/c23-21-8-3-7-19(16-21)22(25-13-4-11-24-12-14-25)20-10-9-17-5-1-2-6-18(17)15-20/h1-3,5-10,15-16,22,24H,4,11-14H2. The molecule has 3 aromatic rings. The minimum absolute atomic E-state index is 0.294. The van der Waals surface area contributed by atoms with E-state index in [0.717, 1.165) is 30.7 Å².